The summed E-state index contributed by atoms with van der Waals surface area (Å²) in [6.45, 7) is 2.60. The number of carbonyl (C=O) groups is 1. The first-order valence-corrected chi connectivity index (χ1v) is 11.7. The van der Waals surface area contributed by atoms with Crippen molar-refractivity contribution in [3.05, 3.63) is 72.8 Å². The molecule has 0 radical (unpaired) electrons. The first-order chi connectivity index (χ1) is 15.3. The van der Waals surface area contributed by atoms with Crippen LogP contribution in [-0.4, -0.2) is 45.8 Å². The van der Waals surface area contributed by atoms with E-state index in [2.05, 4.69) is 16.0 Å². The molecule has 0 fully saturated rings. The van der Waals surface area contributed by atoms with Gasteiger partial charge in [0, 0.05) is 26.3 Å². The molecule has 32 heavy (non-hydrogen) atoms. The van der Waals surface area contributed by atoms with E-state index in [9.17, 15) is 13.2 Å². The zero-order valence-electron chi connectivity index (χ0n) is 18.4. The largest absolute Gasteiger partial charge is 0.384 e. The highest BCUT2D eigenvalue weighted by molar-refractivity contribution is 7.89. The molecule has 0 spiro atoms. The second-order valence-corrected chi connectivity index (χ2v) is 9.52. The highest BCUT2D eigenvalue weighted by atomic mass is 32.2. The molecular formula is C24H28N4O3S. The maximum atomic E-state index is 12.5. The molecule has 3 aromatic rings. The Kier molecular flexibility index (Phi) is 7.50. The number of hydrogen-bond donors (Lipinski definition) is 3. The van der Waals surface area contributed by atoms with Crippen LogP contribution in [0.15, 0.2) is 77.7 Å². The zero-order valence-corrected chi connectivity index (χ0v) is 19.2. The van der Waals surface area contributed by atoms with E-state index >= 15 is 0 Å². The molecule has 0 bridgehead atoms. The van der Waals surface area contributed by atoms with Gasteiger partial charge in [0.1, 0.15) is 0 Å². The lowest BCUT2D eigenvalue weighted by Gasteiger charge is -2.17. The van der Waals surface area contributed by atoms with E-state index in [0.717, 1.165) is 21.1 Å². The van der Waals surface area contributed by atoms with Gasteiger partial charge in [0.25, 0.3) is 0 Å². The second kappa shape index (κ2) is 10.3. The minimum absolute atomic E-state index is 0.00963. The van der Waals surface area contributed by atoms with Gasteiger partial charge in [-0.1, -0.05) is 42.5 Å². The molecule has 0 atom stereocenters. The van der Waals surface area contributed by atoms with Crippen LogP contribution in [0.1, 0.15) is 6.92 Å². The summed E-state index contributed by atoms with van der Waals surface area (Å²) in [5, 5.41) is 9.08. The Morgan fingerprint density at radius 2 is 1.50 bits per heavy atom. The smallest absolute Gasteiger partial charge is 0.243 e. The van der Waals surface area contributed by atoms with Crippen molar-refractivity contribution in [2.24, 2.45) is 0 Å². The molecule has 3 rings (SSSR count). The van der Waals surface area contributed by atoms with E-state index < -0.39 is 10.0 Å². The van der Waals surface area contributed by atoms with Crippen molar-refractivity contribution in [3.8, 4) is 11.1 Å². The van der Waals surface area contributed by atoms with Gasteiger partial charge in [0.05, 0.1) is 22.8 Å². The monoisotopic (exact) mass is 452 g/mol. The highest BCUT2D eigenvalue weighted by Gasteiger charge is 2.19. The van der Waals surface area contributed by atoms with Crippen molar-refractivity contribution >= 4 is 33.0 Å². The van der Waals surface area contributed by atoms with Crippen molar-refractivity contribution in [2.45, 2.75) is 11.8 Å². The molecule has 1 amide bonds. The van der Waals surface area contributed by atoms with Crippen LogP contribution in [0.25, 0.3) is 11.1 Å². The van der Waals surface area contributed by atoms with Gasteiger partial charge in [-0.2, -0.15) is 0 Å². The SMILES string of the molecule is CCNc1ccc(S(=O)(=O)N(C)C)cc1NCC(=O)Nc1ccc(-c2ccccc2)cc1. The van der Waals surface area contributed by atoms with Crippen molar-refractivity contribution < 1.29 is 13.2 Å². The van der Waals surface area contributed by atoms with Crippen LogP contribution in [0.4, 0.5) is 17.1 Å². The summed E-state index contributed by atoms with van der Waals surface area (Å²) in [6, 6.07) is 22.4. The van der Waals surface area contributed by atoms with Gasteiger partial charge >= 0.3 is 0 Å². The fraction of sp³-hybridized carbons (Fsp3) is 0.208. The molecule has 0 saturated heterocycles. The maximum absolute atomic E-state index is 12.5. The van der Waals surface area contributed by atoms with Gasteiger partial charge in [0.2, 0.25) is 15.9 Å². The minimum atomic E-state index is -3.58. The number of carbonyl (C=O) groups excluding carboxylic acids is 1. The number of amides is 1. The van der Waals surface area contributed by atoms with Gasteiger partial charge in [-0.15, -0.1) is 0 Å². The minimum Gasteiger partial charge on any atom is -0.384 e. The predicted octanol–water partition coefficient (Wildman–Crippen LogP) is 4.09. The lowest BCUT2D eigenvalue weighted by molar-refractivity contribution is -0.114. The summed E-state index contributed by atoms with van der Waals surface area (Å²) >= 11 is 0. The third-order valence-corrected chi connectivity index (χ3v) is 6.66. The number of sulfonamides is 1. The van der Waals surface area contributed by atoms with E-state index in [0.29, 0.717) is 17.9 Å². The van der Waals surface area contributed by atoms with Gasteiger partial charge in [-0.05, 0) is 48.4 Å². The molecule has 0 aliphatic heterocycles. The molecule has 7 nitrogen and oxygen atoms in total. The van der Waals surface area contributed by atoms with Crippen LogP contribution in [-0.2, 0) is 14.8 Å². The number of rotatable bonds is 9. The Bertz CT molecular complexity index is 1160. The fourth-order valence-electron chi connectivity index (χ4n) is 3.14. The van der Waals surface area contributed by atoms with Crippen LogP contribution in [0.3, 0.4) is 0 Å². The normalized spacial score (nSPS) is 11.2. The molecule has 0 aromatic heterocycles. The van der Waals surface area contributed by atoms with Crippen LogP contribution in [0.5, 0.6) is 0 Å². The molecule has 0 unspecified atom stereocenters. The van der Waals surface area contributed by atoms with Crippen molar-refractivity contribution in [1.29, 1.82) is 0 Å². The van der Waals surface area contributed by atoms with E-state index in [-0.39, 0.29) is 17.3 Å². The average Bonchev–Trinajstić information content (AvgIpc) is 2.79. The summed E-state index contributed by atoms with van der Waals surface area (Å²) in [5.74, 6) is -0.235. The first-order valence-electron chi connectivity index (χ1n) is 10.3. The molecule has 8 heteroatoms. The molecule has 0 saturated carbocycles. The topological polar surface area (TPSA) is 90.5 Å². The van der Waals surface area contributed by atoms with E-state index in [1.807, 2.05) is 61.5 Å². The number of hydrogen-bond acceptors (Lipinski definition) is 5. The van der Waals surface area contributed by atoms with E-state index in [1.54, 1.807) is 12.1 Å². The Labute approximate surface area is 189 Å². The second-order valence-electron chi connectivity index (χ2n) is 7.37. The Balaban J connectivity index is 1.68. The first kappa shape index (κ1) is 23.3. The zero-order chi connectivity index (χ0) is 23.1. The van der Waals surface area contributed by atoms with Crippen LogP contribution in [0.2, 0.25) is 0 Å². The van der Waals surface area contributed by atoms with Crippen molar-refractivity contribution in [2.75, 3.05) is 43.1 Å². The van der Waals surface area contributed by atoms with Crippen LogP contribution >= 0.6 is 0 Å². The van der Waals surface area contributed by atoms with Gasteiger partial charge < -0.3 is 16.0 Å². The van der Waals surface area contributed by atoms with Gasteiger partial charge in [-0.25, -0.2) is 12.7 Å². The Hall–Kier alpha value is -3.36. The summed E-state index contributed by atoms with van der Waals surface area (Å²) < 4.78 is 26.1. The van der Waals surface area contributed by atoms with E-state index in [1.165, 1.54) is 20.2 Å². The van der Waals surface area contributed by atoms with Crippen molar-refractivity contribution in [1.82, 2.24) is 4.31 Å². The summed E-state index contributed by atoms with van der Waals surface area (Å²) in [7, 11) is -0.614. The molecule has 3 N–H and O–H groups in total. The number of nitrogens with zero attached hydrogens (tertiary/aromatic N) is 1. The van der Waals surface area contributed by atoms with Gasteiger partial charge in [0.15, 0.2) is 0 Å². The molecule has 0 aliphatic rings. The maximum Gasteiger partial charge on any atom is 0.243 e. The Morgan fingerprint density at radius 3 is 2.12 bits per heavy atom. The molecule has 0 heterocycles. The number of anilines is 3. The van der Waals surface area contributed by atoms with Gasteiger partial charge in [-0.3, -0.25) is 4.79 Å². The lowest BCUT2D eigenvalue weighted by atomic mass is 10.1. The third kappa shape index (κ3) is 5.66. The van der Waals surface area contributed by atoms with Crippen molar-refractivity contribution in [3.63, 3.8) is 0 Å². The number of benzene rings is 3. The fourth-order valence-corrected chi connectivity index (χ4v) is 4.07. The summed E-state index contributed by atoms with van der Waals surface area (Å²) in [6.07, 6.45) is 0. The van der Waals surface area contributed by atoms with Crippen LogP contribution < -0.4 is 16.0 Å². The number of nitrogens with one attached hydrogen (secondary N) is 3. The lowest BCUT2D eigenvalue weighted by Crippen LogP contribution is -2.24. The van der Waals surface area contributed by atoms with Crippen LogP contribution in [0, 0.1) is 0 Å². The molecule has 0 aliphatic carbocycles. The Morgan fingerprint density at radius 1 is 0.844 bits per heavy atom. The quantitative estimate of drug-likeness (QED) is 0.455. The van der Waals surface area contributed by atoms with E-state index in [4.69, 9.17) is 0 Å². The summed E-state index contributed by atoms with van der Waals surface area (Å²) in [4.78, 5) is 12.6. The molecule has 3 aromatic carbocycles. The third-order valence-electron chi connectivity index (χ3n) is 4.85. The molecular weight excluding hydrogens is 424 g/mol. The average molecular weight is 453 g/mol. The summed E-state index contributed by atoms with van der Waals surface area (Å²) in [5.41, 5.74) is 4.13. The predicted molar refractivity (Wildman–Crippen MR) is 130 cm³/mol. The molecule has 168 valence electrons. The standard InChI is InChI=1S/C24H28N4O3S/c1-4-25-22-15-14-21(32(30,31)28(2)3)16-23(22)26-17-24(29)27-20-12-10-19(11-13-20)18-8-6-5-7-9-18/h5-16,25-26H,4,17H2,1-3H3,(H,27,29). The highest BCUT2D eigenvalue weighted by Crippen LogP contribution is 2.27.